The molecule has 0 fully saturated rings. The molecule has 0 atom stereocenters. The van der Waals surface area contributed by atoms with Crippen molar-refractivity contribution >= 4 is 5.97 Å². The molecule has 0 saturated carbocycles. The van der Waals surface area contributed by atoms with E-state index in [-0.39, 0.29) is 24.6 Å². The third-order valence-corrected chi connectivity index (χ3v) is 2.22. The predicted molar refractivity (Wildman–Crippen MR) is 58.7 cm³/mol. The Labute approximate surface area is 101 Å². The highest BCUT2D eigenvalue weighted by Crippen LogP contribution is 2.09. The maximum atomic E-state index is 11.4. The smallest absolute Gasteiger partial charge is 0.441 e. The predicted octanol–water partition coefficient (Wildman–Crippen LogP) is 0.158. The summed E-state index contributed by atoms with van der Waals surface area (Å²) in [7, 11) is 0. The SMILES string of the molecule is O=C(O)CCCn1c(-c2ncccn2)noc1=O. The summed E-state index contributed by atoms with van der Waals surface area (Å²) in [4.78, 5) is 29.7. The van der Waals surface area contributed by atoms with Crippen molar-refractivity contribution in [1.29, 1.82) is 0 Å². The van der Waals surface area contributed by atoms with E-state index in [0.717, 1.165) is 0 Å². The molecule has 1 N–H and O–H groups in total. The fourth-order valence-electron chi connectivity index (χ4n) is 1.43. The number of nitrogens with zero attached hydrogens (tertiary/aromatic N) is 4. The third kappa shape index (κ3) is 2.59. The van der Waals surface area contributed by atoms with Gasteiger partial charge < -0.3 is 5.11 Å². The summed E-state index contributed by atoms with van der Waals surface area (Å²) in [6, 6.07) is 1.64. The monoisotopic (exact) mass is 250 g/mol. The molecule has 0 spiro atoms. The maximum absolute atomic E-state index is 11.4. The van der Waals surface area contributed by atoms with Crippen LogP contribution in [0.1, 0.15) is 12.8 Å². The summed E-state index contributed by atoms with van der Waals surface area (Å²) < 4.78 is 5.76. The molecule has 0 radical (unpaired) electrons. The molecule has 0 unspecified atom stereocenters. The zero-order valence-corrected chi connectivity index (χ0v) is 9.31. The Morgan fingerprint density at radius 3 is 2.78 bits per heavy atom. The first-order valence-corrected chi connectivity index (χ1v) is 5.24. The molecule has 0 aliphatic carbocycles. The zero-order valence-electron chi connectivity index (χ0n) is 9.31. The fourth-order valence-corrected chi connectivity index (χ4v) is 1.43. The highest BCUT2D eigenvalue weighted by Gasteiger charge is 2.14. The van der Waals surface area contributed by atoms with Crippen molar-refractivity contribution in [3.8, 4) is 11.6 Å². The molecule has 2 aromatic heterocycles. The summed E-state index contributed by atoms with van der Waals surface area (Å²) in [5.41, 5.74) is 0. The minimum Gasteiger partial charge on any atom is -0.481 e. The number of carbonyl (C=O) groups is 1. The molecule has 0 bridgehead atoms. The largest absolute Gasteiger partial charge is 0.481 e. The molecule has 0 aromatic carbocycles. The van der Waals surface area contributed by atoms with Crippen LogP contribution < -0.4 is 5.76 Å². The Bertz CT molecular complexity index is 589. The van der Waals surface area contributed by atoms with Gasteiger partial charge in [0, 0.05) is 25.4 Å². The average Bonchev–Trinajstić information content (AvgIpc) is 2.72. The minimum absolute atomic E-state index is 0.0350. The third-order valence-electron chi connectivity index (χ3n) is 2.22. The lowest BCUT2D eigenvalue weighted by Crippen LogP contribution is -2.16. The van der Waals surface area contributed by atoms with Crippen LogP contribution in [0.5, 0.6) is 0 Å². The molecule has 8 nitrogen and oxygen atoms in total. The van der Waals surface area contributed by atoms with E-state index >= 15 is 0 Å². The van der Waals surface area contributed by atoms with Gasteiger partial charge in [-0.25, -0.2) is 14.8 Å². The first-order valence-electron chi connectivity index (χ1n) is 5.24. The molecule has 94 valence electrons. The summed E-state index contributed by atoms with van der Waals surface area (Å²) in [6.07, 6.45) is 3.30. The Balaban J connectivity index is 2.22. The van der Waals surface area contributed by atoms with Crippen molar-refractivity contribution in [3.63, 3.8) is 0 Å². The van der Waals surface area contributed by atoms with E-state index in [2.05, 4.69) is 19.6 Å². The highest BCUT2D eigenvalue weighted by atomic mass is 16.5. The van der Waals surface area contributed by atoms with E-state index < -0.39 is 11.7 Å². The van der Waals surface area contributed by atoms with Crippen LogP contribution in [0.2, 0.25) is 0 Å². The molecule has 2 aromatic rings. The van der Waals surface area contributed by atoms with Gasteiger partial charge in [-0.05, 0) is 12.5 Å². The van der Waals surface area contributed by atoms with E-state index in [4.69, 9.17) is 5.11 Å². The highest BCUT2D eigenvalue weighted by molar-refractivity contribution is 5.66. The summed E-state index contributed by atoms with van der Waals surface area (Å²) in [6.45, 7) is 0.197. The second-order valence-corrected chi connectivity index (χ2v) is 3.49. The second-order valence-electron chi connectivity index (χ2n) is 3.49. The van der Waals surface area contributed by atoms with Crippen molar-refractivity contribution in [2.24, 2.45) is 0 Å². The van der Waals surface area contributed by atoms with Gasteiger partial charge >= 0.3 is 11.7 Å². The number of hydrogen-bond acceptors (Lipinski definition) is 6. The van der Waals surface area contributed by atoms with E-state index in [1.807, 2.05) is 0 Å². The molecular weight excluding hydrogens is 240 g/mol. The summed E-state index contributed by atoms with van der Waals surface area (Å²) >= 11 is 0. The Morgan fingerprint density at radius 1 is 1.39 bits per heavy atom. The Hall–Kier alpha value is -2.51. The number of aromatic nitrogens is 4. The maximum Gasteiger partial charge on any atom is 0.441 e. The molecule has 2 heterocycles. The van der Waals surface area contributed by atoms with E-state index in [0.29, 0.717) is 6.42 Å². The first-order chi connectivity index (χ1) is 8.68. The molecule has 2 rings (SSSR count). The molecule has 0 amide bonds. The van der Waals surface area contributed by atoms with Crippen molar-refractivity contribution < 1.29 is 14.4 Å². The van der Waals surface area contributed by atoms with Gasteiger partial charge in [0.05, 0.1) is 0 Å². The lowest BCUT2D eigenvalue weighted by Gasteiger charge is -2.01. The quantitative estimate of drug-likeness (QED) is 0.804. The van der Waals surface area contributed by atoms with E-state index in [9.17, 15) is 9.59 Å². The number of aliphatic carboxylic acids is 1. The summed E-state index contributed by atoms with van der Waals surface area (Å²) in [5, 5.41) is 12.1. The van der Waals surface area contributed by atoms with Crippen molar-refractivity contribution in [3.05, 3.63) is 29.0 Å². The van der Waals surface area contributed by atoms with Crippen LogP contribution in [0.15, 0.2) is 27.8 Å². The number of rotatable bonds is 5. The topological polar surface area (TPSA) is 111 Å². The van der Waals surface area contributed by atoms with Gasteiger partial charge in [-0.3, -0.25) is 13.9 Å². The van der Waals surface area contributed by atoms with Crippen LogP contribution >= 0.6 is 0 Å². The fraction of sp³-hybridized carbons (Fsp3) is 0.300. The van der Waals surface area contributed by atoms with Gasteiger partial charge in [-0.2, -0.15) is 0 Å². The van der Waals surface area contributed by atoms with E-state index in [1.54, 1.807) is 6.07 Å². The molecular formula is C10H10N4O4. The van der Waals surface area contributed by atoms with Crippen molar-refractivity contribution in [1.82, 2.24) is 19.7 Å². The van der Waals surface area contributed by atoms with Crippen molar-refractivity contribution in [2.75, 3.05) is 0 Å². The van der Waals surface area contributed by atoms with Gasteiger partial charge in [-0.1, -0.05) is 5.16 Å². The van der Waals surface area contributed by atoms with Gasteiger partial charge in [0.25, 0.3) is 0 Å². The van der Waals surface area contributed by atoms with Gasteiger partial charge in [-0.15, -0.1) is 0 Å². The van der Waals surface area contributed by atoms with Crippen LogP contribution in [0, 0.1) is 0 Å². The lowest BCUT2D eigenvalue weighted by molar-refractivity contribution is -0.137. The van der Waals surface area contributed by atoms with Crippen LogP contribution in [-0.4, -0.2) is 30.8 Å². The average molecular weight is 250 g/mol. The molecule has 0 saturated heterocycles. The number of hydrogen-bond donors (Lipinski definition) is 1. The van der Waals surface area contributed by atoms with Gasteiger partial charge in [0.15, 0.2) is 5.82 Å². The number of carboxylic acid groups (broad SMARTS) is 1. The van der Waals surface area contributed by atoms with Gasteiger partial charge in [0.1, 0.15) is 0 Å². The Morgan fingerprint density at radius 2 is 2.11 bits per heavy atom. The van der Waals surface area contributed by atoms with Crippen LogP contribution in [-0.2, 0) is 11.3 Å². The summed E-state index contributed by atoms with van der Waals surface area (Å²) in [5.74, 6) is -1.11. The second kappa shape index (κ2) is 5.21. The van der Waals surface area contributed by atoms with Gasteiger partial charge in [0.2, 0.25) is 5.82 Å². The number of carboxylic acids is 1. The Kier molecular flexibility index (Phi) is 3.46. The molecule has 18 heavy (non-hydrogen) atoms. The van der Waals surface area contributed by atoms with Crippen LogP contribution in [0.25, 0.3) is 11.6 Å². The van der Waals surface area contributed by atoms with Crippen molar-refractivity contribution in [2.45, 2.75) is 19.4 Å². The molecule has 0 aliphatic rings. The lowest BCUT2D eigenvalue weighted by atomic mass is 10.3. The van der Waals surface area contributed by atoms with Crippen LogP contribution in [0.4, 0.5) is 0 Å². The minimum atomic E-state index is -0.919. The normalized spacial score (nSPS) is 10.4. The molecule has 0 aliphatic heterocycles. The zero-order chi connectivity index (χ0) is 13.0. The standard InChI is InChI=1S/C10H10N4O4/c15-7(16)3-1-6-14-9(13-18-10(14)17)8-11-4-2-5-12-8/h2,4-5H,1,3,6H2,(H,15,16). The first kappa shape index (κ1) is 12.0. The van der Waals surface area contributed by atoms with Crippen LogP contribution in [0.3, 0.4) is 0 Å². The molecule has 8 heteroatoms. The van der Waals surface area contributed by atoms with E-state index in [1.165, 1.54) is 17.0 Å².